The second-order valence-electron chi connectivity index (χ2n) is 7.87. The van der Waals surface area contributed by atoms with E-state index in [1.165, 1.54) is 4.90 Å². The molecule has 0 aliphatic carbocycles. The number of benzene rings is 2. The highest BCUT2D eigenvalue weighted by Gasteiger charge is 2.71. The molecule has 0 bridgehead atoms. The number of halogens is 6. The van der Waals surface area contributed by atoms with Crippen molar-refractivity contribution in [2.24, 2.45) is 0 Å². The van der Waals surface area contributed by atoms with Crippen LogP contribution in [0.4, 0.5) is 32.0 Å². The first-order valence-electron chi connectivity index (χ1n) is 10.3. The number of anilines is 1. The first-order valence-corrected chi connectivity index (χ1v) is 10.3. The summed E-state index contributed by atoms with van der Waals surface area (Å²) in [6.07, 6.45) is -10.2. The molecule has 1 heterocycles. The minimum Gasteiger partial charge on any atom is -0.369 e. The zero-order valence-electron chi connectivity index (χ0n) is 17.3. The molecule has 3 rings (SSSR count). The number of amides is 1. The molecule has 0 saturated carbocycles. The number of nitrogens with zero attached hydrogens (tertiary/aromatic N) is 1. The zero-order chi connectivity index (χ0) is 23.7. The van der Waals surface area contributed by atoms with Crippen molar-refractivity contribution < 1.29 is 36.2 Å². The molecule has 0 spiro atoms. The lowest BCUT2D eigenvalue weighted by molar-refractivity contribution is -0.376. The third kappa shape index (κ3) is 4.22. The minimum atomic E-state index is -5.96. The molecule has 0 unspecified atom stereocenters. The standard InChI is InChI=1S/C23H23F6NO2/c1-2-18(15-8-4-3-5-9-15)20(31)30-13-7-6-10-16-14-17(11-12-19(16)30)21(32,22(24,25)26)23(27,28)29/h3-5,8-9,11-12,14,18,32H,2,6-7,10,13H2,1H3/t18-/m0/s1. The number of alkyl halides is 6. The average Bonchev–Trinajstić information content (AvgIpc) is 2.94. The Hall–Kier alpha value is -2.55. The molecule has 3 nitrogen and oxygen atoms in total. The monoisotopic (exact) mass is 459 g/mol. The van der Waals surface area contributed by atoms with E-state index in [2.05, 4.69) is 0 Å². The summed E-state index contributed by atoms with van der Waals surface area (Å²) in [7, 11) is 0. The van der Waals surface area contributed by atoms with Gasteiger partial charge in [-0.3, -0.25) is 4.79 Å². The van der Waals surface area contributed by atoms with Crippen LogP contribution in [0.1, 0.15) is 48.8 Å². The van der Waals surface area contributed by atoms with Crippen LogP contribution in [0.3, 0.4) is 0 Å². The lowest BCUT2D eigenvalue weighted by Gasteiger charge is -2.34. The fourth-order valence-corrected chi connectivity index (χ4v) is 4.12. The highest BCUT2D eigenvalue weighted by atomic mass is 19.4. The van der Waals surface area contributed by atoms with Crippen LogP contribution in [-0.4, -0.2) is 29.9 Å². The Bertz CT molecular complexity index is 941. The number of hydrogen-bond donors (Lipinski definition) is 1. The van der Waals surface area contributed by atoms with Gasteiger partial charge in [0.25, 0.3) is 5.60 Å². The molecule has 0 radical (unpaired) electrons. The second kappa shape index (κ2) is 8.77. The summed E-state index contributed by atoms with van der Waals surface area (Å²) in [6, 6.07) is 11.4. The van der Waals surface area contributed by atoms with Crippen LogP contribution in [0.15, 0.2) is 48.5 Å². The third-order valence-corrected chi connectivity index (χ3v) is 5.86. The van der Waals surface area contributed by atoms with Crippen LogP contribution in [0, 0.1) is 0 Å². The number of aliphatic hydroxyl groups is 1. The molecular weight excluding hydrogens is 436 g/mol. The SMILES string of the molecule is CC[C@H](C(=O)N1CCCCc2cc(C(O)(C(F)(F)F)C(F)(F)F)ccc21)c1ccccc1. The Balaban J connectivity index is 2.06. The van der Waals surface area contributed by atoms with Crippen LogP contribution in [0.5, 0.6) is 0 Å². The maximum Gasteiger partial charge on any atom is 0.430 e. The van der Waals surface area contributed by atoms with Crippen molar-refractivity contribution in [3.05, 3.63) is 65.2 Å². The summed E-state index contributed by atoms with van der Waals surface area (Å²) in [5, 5.41) is 9.75. The molecule has 0 aromatic heterocycles. The largest absolute Gasteiger partial charge is 0.430 e. The summed E-state index contributed by atoms with van der Waals surface area (Å²) in [5.74, 6) is -0.763. The van der Waals surface area contributed by atoms with Gasteiger partial charge >= 0.3 is 12.4 Å². The molecule has 0 saturated heterocycles. The van der Waals surface area contributed by atoms with Crippen molar-refractivity contribution in [3.8, 4) is 0 Å². The lowest BCUT2D eigenvalue weighted by Crippen LogP contribution is -2.54. The van der Waals surface area contributed by atoms with E-state index in [0.29, 0.717) is 31.9 Å². The molecule has 1 aliphatic heterocycles. The van der Waals surface area contributed by atoms with Crippen LogP contribution in [0.25, 0.3) is 0 Å². The third-order valence-electron chi connectivity index (χ3n) is 5.86. The Morgan fingerprint density at radius 1 is 1.00 bits per heavy atom. The number of rotatable bonds is 4. The molecule has 1 aliphatic rings. The minimum absolute atomic E-state index is 0.170. The van der Waals surface area contributed by atoms with E-state index in [1.807, 2.05) is 13.0 Å². The van der Waals surface area contributed by atoms with Gasteiger partial charge in [0.05, 0.1) is 5.92 Å². The molecule has 2 aromatic rings. The van der Waals surface area contributed by atoms with Gasteiger partial charge in [-0.2, -0.15) is 26.3 Å². The van der Waals surface area contributed by atoms with E-state index in [9.17, 15) is 36.2 Å². The number of carbonyl (C=O) groups is 1. The molecule has 32 heavy (non-hydrogen) atoms. The van der Waals surface area contributed by atoms with Crippen LogP contribution in [-0.2, 0) is 16.8 Å². The number of fused-ring (bicyclic) bond motifs is 1. The molecule has 174 valence electrons. The number of aryl methyl sites for hydroxylation is 1. The zero-order valence-corrected chi connectivity index (χ0v) is 17.3. The van der Waals surface area contributed by atoms with Crippen LogP contribution in [0.2, 0.25) is 0 Å². The van der Waals surface area contributed by atoms with Gasteiger partial charge in [-0.1, -0.05) is 49.4 Å². The van der Waals surface area contributed by atoms with Gasteiger partial charge in [-0.25, -0.2) is 0 Å². The molecule has 2 aromatic carbocycles. The van der Waals surface area contributed by atoms with Crippen molar-refractivity contribution in [1.82, 2.24) is 0 Å². The molecule has 1 atom stereocenters. The van der Waals surface area contributed by atoms with Gasteiger partial charge in [-0.05, 0) is 42.9 Å². The summed E-state index contributed by atoms with van der Waals surface area (Å²) in [4.78, 5) is 14.8. The Morgan fingerprint density at radius 2 is 1.62 bits per heavy atom. The quantitative estimate of drug-likeness (QED) is 0.582. The Labute approximate surface area is 181 Å². The highest BCUT2D eigenvalue weighted by molar-refractivity contribution is 5.98. The van der Waals surface area contributed by atoms with Crippen molar-refractivity contribution >= 4 is 11.6 Å². The maximum atomic E-state index is 13.4. The van der Waals surface area contributed by atoms with Crippen molar-refractivity contribution in [2.45, 2.75) is 56.5 Å². The topological polar surface area (TPSA) is 40.5 Å². The normalized spacial score (nSPS) is 16.3. The first kappa shape index (κ1) is 24.1. The second-order valence-corrected chi connectivity index (χ2v) is 7.87. The number of hydrogen-bond acceptors (Lipinski definition) is 2. The van der Waals surface area contributed by atoms with Crippen molar-refractivity contribution in [2.75, 3.05) is 11.4 Å². The van der Waals surface area contributed by atoms with Gasteiger partial charge in [-0.15, -0.1) is 0 Å². The van der Waals surface area contributed by atoms with E-state index >= 15 is 0 Å². The molecular formula is C23H23F6NO2. The smallest absolute Gasteiger partial charge is 0.369 e. The fraction of sp³-hybridized carbons (Fsp3) is 0.435. The summed E-state index contributed by atoms with van der Waals surface area (Å²) >= 11 is 0. The average molecular weight is 459 g/mol. The molecule has 9 heteroatoms. The maximum absolute atomic E-state index is 13.4. The molecule has 0 fully saturated rings. The van der Waals surface area contributed by atoms with Gasteiger partial charge in [0.1, 0.15) is 0 Å². The lowest BCUT2D eigenvalue weighted by atomic mass is 9.89. The van der Waals surface area contributed by atoms with Crippen LogP contribution >= 0.6 is 0 Å². The number of carbonyl (C=O) groups excluding carboxylic acids is 1. The first-order chi connectivity index (χ1) is 14.9. The van der Waals surface area contributed by atoms with Crippen LogP contribution < -0.4 is 4.90 Å². The predicted molar refractivity (Wildman–Crippen MR) is 107 cm³/mol. The Morgan fingerprint density at radius 3 is 2.19 bits per heavy atom. The van der Waals surface area contributed by atoms with Crippen molar-refractivity contribution in [1.29, 1.82) is 0 Å². The van der Waals surface area contributed by atoms with E-state index in [1.54, 1.807) is 24.3 Å². The van der Waals surface area contributed by atoms with Gasteiger partial charge in [0, 0.05) is 17.8 Å². The van der Waals surface area contributed by atoms with E-state index in [-0.39, 0.29) is 23.6 Å². The summed E-state index contributed by atoms with van der Waals surface area (Å²) < 4.78 is 79.8. The van der Waals surface area contributed by atoms with E-state index in [4.69, 9.17) is 0 Å². The van der Waals surface area contributed by atoms with Gasteiger partial charge in [0.15, 0.2) is 0 Å². The summed E-state index contributed by atoms with van der Waals surface area (Å²) in [6.45, 7) is 2.14. The van der Waals surface area contributed by atoms with Crippen molar-refractivity contribution in [3.63, 3.8) is 0 Å². The van der Waals surface area contributed by atoms with E-state index in [0.717, 1.165) is 17.7 Å². The van der Waals surface area contributed by atoms with Gasteiger partial charge in [0.2, 0.25) is 5.91 Å². The molecule has 1 amide bonds. The van der Waals surface area contributed by atoms with E-state index < -0.39 is 29.4 Å². The fourth-order valence-electron chi connectivity index (χ4n) is 4.12. The van der Waals surface area contributed by atoms with Gasteiger partial charge < -0.3 is 10.0 Å². The predicted octanol–water partition coefficient (Wildman–Crippen LogP) is 5.86. The molecule has 1 N–H and O–H groups in total. The summed E-state index contributed by atoms with van der Waals surface area (Å²) in [5.41, 5.74) is -5.07. The highest BCUT2D eigenvalue weighted by Crippen LogP contribution is 2.50. The Kier molecular flexibility index (Phi) is 6.60.